The molecule has 0 amide bonds. The third-order valence-corrected chi connectivity index (χ3v) is 2.87. The van der Waals surface area contributed by atoms with Crippen molar-refractivity contribution in [2.24, 2.45) is 0 Å². The Morgan fingerprint density at radius 2 is 1.53 bits per heavy atom. The molecule has 17 heavy (non-hydrogen) atoms. The van der Waals surface area contributed by atoms with Crippen LogP contribution in [0.1, 0.15) is 25.3 Å². The van der Waals surface area contributed by atoms with Crippen molar-refractivity contribution < 1.29 is 10.2 Å². The van der Waals surface area contributed by atoms with Crippen molar-refractivity contribution in [2.45, 2.75) is 19.8 Å². The van der Waals surface area contributed by atoms with Crippen molar-refractivity contribution in [3.63, 3.8) is 0 Å². The summed E-state index contributed by atoms with van der Waals surface area (Å²) >= 11 is 0. The quantitative estimate of drug-likeness (QED) is 0.818. The molecule has 2 N–H and O–H groups in total. The minimum absolute atomic E-state index is 0.230. The third-order valence-electron chi connectivity index (χ3n) is 2.87. The molecule has 0 saturated carbocycles. The van der Waals surface area contributed by atoms with Gasteiger partial charge in [0.2, 0.25) is 0 Å². The van der Waals surface area contributed by atoms with E-state index in [0.29, 0.717) is 5.92 Å². The maximum Gasteiger partial charge on any atom is 0.123 e. The van der Waals surface area contributed by atoms with Gasteiger partial charge in [0.1, 0.15) is 11.5 Å². The molecular weight excluding hydrogens is 212 g/mol. The normalized spacial score (nSPS) is 10.8. The molecule has 0 bridgehead atoms. The average Bonchev–Trinajstić information content (AvgIpc) is 2.31. The highest BCUT2D eigenvalue weighted by Crippen LogP contribution is 2.32. The molecule has 88 valence electrons. The van der Waals surface area contributed by atoms with E-state index < -0.39 is 0 Å². The van der Waals surface area contributed by atoms with Crippen LogP contribution in [0.15, 0.2) is 42.5 Å². The van der Waals surface area contributed by atoms with E-state index in [2.05, 4.69) is 13.8 Å². The summed E-state index contributed by atoms with van der Waals surface area (Å²) in [4.78, 5) is 0. The number of hydrogen-bond donors (Lipinski definition) is 2. The van der Waals surface area contributed by atoms with Crippen LogP contribution in [0.5, 0.6) is 11.5 Å². The van der Waals surface area contributed by atoms with Crippen LogP contribution in [0.2, 0.25) is 0 Å². The van der Waals surface area contributed by atoms with Crippen molar-refractivity contribution in [1.82, 2.24) is 0 Å². The van der Waals surface area contributed by atoms with Gasteiger partial charge in [-0.3, -0.25) is 0 Å². The Morgan fingerprint density at radius 3 is 2.12 bits per heavy atom. The lowest BCUT2D eigenvalue weighted by molar-refractivity contribution is 0.474. The first-order valence-electron chi connectivity index (χ1n) is 5.70. The monoisotopic (exact) mass is 228 g/mol. The van der Waals surface area contributed by atoms with Gasteiger partial charge in [0.05, 0.1) is 0 Å². The van der Waals surface area contributed by atoms with Crippen molar-refractivity contribution in [3.8, 4) is 22.6 Å². The third kappa shape index (κ3) is 2.41. The topological polar surface area (TPSA) is 40.5 Å². The molecule has 2 nitrogen and oxygen atoms in total. The second kappa shape index (κ2) is 4.50. The summed E-state index contributed by atoms with van der Waals surface area (Å²) in [6.07, 6.45) is 0. The Kier molecular flexibility index (Phi) is 3.05. The number of phenols is 2. The van der Waals surface area contributed by atoms with Crippen molar-refractivity contribution in [1.29, 1.82) is 0 Å². The highest BCUT2D eigenvalue weighted by molar-refractivity contribution is 5.71. The first-order chi connectivity index (χ1) is 8.08. The molecule has 0 spiro atoms. The number of hydrogen-bond acceptors (Lipinski definition) is 2. The van der Waals surface area contributed by atoms with E-state index in [4.69, 9.17) is 0 Å². The Bertz CT molecular complexity index is 513. The van der Waals surface area contributed by atoms with Gasteiger partial charge >= 0.3 is 0 Å². The van der Waals surface area contributed by atoms with Crippen LogP contribution in [0.4, 0.5) is 0 Å². The fourth-order valence-electron chi connectivity index (χ4n) is 1.78. The van der Waals surface area contributed by atoms with Crippen LogP contribution in [0, 0.1) is 0 Å². The Labute approximate surface area is 101 Å². The van der Waals surface area contributed by atoms with Crippen LogP contribution in [0.3, 0.4) is 0 Å². The van der Waals surface area contributed by atoms with Crippen molar-refractivity contribution in [2.75, 3.05) is 0 Å². The van der Waals surface area contributed by atoms with Crippen LogP contribution < -0.4 is 0 Å². The van der Waals surface area contributed by atoms with Crippen LogP contribution in [0.25, 0.3) is 11.1 Å². The Hall–Kier alpha value is -1.96. The Morgan fingerprint density at radius 1 is 0.882 bits per heavy atom. The van der Waals surface area contributed by atoms with Gasteiger partial charge < -0.3 is 10.2 Å². The van der Waals surface area contributed by atoms with Gasteiger partial charge in [-0.25, -0.2) is 0 Å². The van der Waals surface area contributed by atoms with Gasteiger partial charge in [-0.2, -0.15) is 0 Å². The zero-order valence-corrected chi connectivity index (χ0v) is 10.0. The van der Waals surface area contributed by atoms with E-state index in [0.717, 1.165) is 11.1 Å². The van der Waals surface area contributed by atoms with Crippen LogP contribution in [-0.4, -0.2) is 10.2 Å². The maximum absolute atomic E-state index is 9.88. The number of rotatable bonds is 2. The van der Waals surface area contributed by atoms with Gasteiger partial charge in [-0.15, -0.1) is 0 Å². The fraction of sp³-hybridized carbons (Fsp3) is 0.200. The predicted molar refractivity (Wildman–Crippen MR) is 69.3 cm³/mol. The van der Waals surface area contributed by atoms with E-state index >= 15 is 0 Å². The molecule has 0 heterocycles. The molecule has 0 atom stereocenters. The molecule has 0 unspecified atom stereocenters. The van der Waals surface area contributed by atoms with E-state index in [9.17, 15) is 10.2 Å². The van der Waals surface area contributed by atoms with E-state index in [-0.39, 0.29) is 11.5 Å². The molecule has 0 aliphatic heterocycles. The number of phenolic OH excluding ortho intramolecular Hbond substituents is 2. The van der Waals surface area contributed by atoms with E-state index in [1.54, 1.807) is 30.3 Å². The summed E-state index contributed by atoms with van der Waals surface area (Å²) in [6, 6.07) is 12.5. The first-order valence-corrected chi connectivity index (χ1v) is 5.70. The molecule has 0 aliphatic carbocycles. The molecule has 2 aromatic rings. The average molecular weight is 228 g/mol. The van der Waals surface area contributed by atoms with Gasteiger partial charge in [-0.1, -0.05) is 32.0 Å². The largest absolute Gasteiger partial charge is 0.508 e. The summed E-state index contributed by atoms with van der Waals surface area (Å²) in [7, 11) is 0. The zero-order valence-electron chi connectivity index (χ0n) is 10.0. The van der Waals surface area contributed by atoms with Gasteiger partial charge in [0.25, 0.3) is 0 Å². The number of aromatic hydroxyl groups is 2. The molecule has 2 aromatic carbocycles. The second-order valence-electron chi connectivity index (χ2n) is 4.48. The molecule has 0 aromatic heterocycles. The maximum atomic E-state index is 9.88. The molecule has 0 saturated heterocycles. The van der Waals surface area contributed by atoms with Crippen molar-refractivity contribution in [3.05, 3.63) is 48.0 Å². The summed E-state index contributed by atoms with van der Waals surface area (Å²) in [6.45, 7) is 4.24. The van der Waals surface area contributed by atoms with Crippen LogP contribution in [-0.2, 0) is 0 Å². The van der Waals surface area contributed by atoms with Crippen LogP contribution >= 0.6 is 0 Å². The van der Waals surface area contributed by atoms with E-state index in [1.807, 2.05) is 12.1 Å². The Balaban J connectivity index is 2.50. The lowest BCUT2D eigenvalue weighted by Gasteiger charge is -2.10. The smallest absolute Gasteiger partial charge is 0.123 e. The lowest BCUT2D eigenvalue weighted by Crippen LogP contribution is -1.88. The zero-order chi connectivity index (χ0) is 12.4. The van der Waals surface area contributed by atoms with Gasteiger partial charge in [0.15, 0.2) is 0 Å². The van der Waals surface area contributed by atoms with Gasteiger partial charge in [0, 0.05) is 5.56 Å². The fourth-order valence-corrected chi connectivity index (χ4v) is 1.78. The molecular formula is C15H16O2. The lowest BCUT2D eigenvalue weighted by atomic mass is 9.96. The summed E-state index contributed by atoms with van der Waals surface area (Å²) in [5.41, 5.74) is 2.89. The summed E-state index contributed by atoms with van der Waals surface area (Å²) < 4.78 is 0. The molecule has 0 radical (unpaired) electrons. The standard InChI is InChI=1S/C15H16O2/c1-10(2)12-5-8-15(17)14(9-12)11-3-6-13(16)7-4-11/h3-10,16-17H,1-2H3. The highest BCUT2D eigenvalue weighted by atomic mass is 16.3. The molecule has 0 aliphatic rings. The SMILES string of the molecule is CC(C)c1ccc(O)c(-c2ccc(O)cc2)c1. The molecule has 2 rings (SSSR count). The second-order valence-corrected chi connectivity index (χ2v) is 4.48. The molecule has 2 heteroatoms. The molecule has 0 fully saturated rings. The highest BCUT2D eigenvalue weighted by Gasteiger charge is 2.07. The van der Waals surface area contributed by atoms with Crippen molar-refractivity contribution >= 4 is 0 Å². The predicted octanol–water partition coefficient (Wildman–Crippen LogP) is 3.89. The van der Waals surface area contributed by atoms with Gasteiger partial charge in [-0.05, 0) is 41.3 Å². The first kappa shape index (κ1) is 11.5. The summed E-state index contributed by atoms with van der Waals surface area (Å²) in [5, 5.41) is 19.1. The number of benzene rings is 2. The minimum Gasteiger partial charge on any atom is -0.508 e. The minimum atomic E-state index is 0.230. The summed E-state index contributed by atoms with van der Waals surface area (Å²) in [5.74, 6) is 0.916. The van der Waals surface area contributed by atoms with E-state index in [1.165, 1.54) is 5.56 Å².